The van der Waals surface area contributed by atoms with Gasteiger partial charge >= 0.3 is 0 Å². The van der Waals surface area contributed by atoms with E-state index < -0.39 is 0 Å². The van der Waals surface area contributed by atoms with E-state index in [0.717, 1.165) is 42.3 Å². The fourth-order valence-corrected chi connectivity index (χ4v) is 2.44. The lowest BCUT2D eigenvalue weighted by atomic mass is 10.2. The number of carbonyl (C=O) groups is 1. The Balaban J connectivity index is 0.00000225. The highest BCUT2D eigenvalue weighted by Gasteiger charge is 2.22. The molecule has 1 aromatic rings. The zero-order valence-electron chi connectivity index (χ0n) is 14.3. The van der Waals surface area contributed by atoms with E-state index in [1.807, 2.05) is 18.2 Å². The minimum Gasteiger partial charge on any atom is -0.454 e. The topological polar surface area (TPSA) is 84.0 Å². The van der Waals surface area contributed by atoms with Gasteiger partial charge in [-0.1, -0.05) is 6.07 Å². The van der Waals surface area contributed by atoms with E-state index in [1.54, 1.807) is 7.05 Å². The molecule has 1 aliphatic heterocycles. The highest BCUT2D eigenvalue weighted by molar-refractivity contribution is 14.0. The fraction of sp³-hybridized carbons (Fsp3) is 0.529. The van der Waals surface area contributed by atoms with Crippen LogP contribution in [0.1, 0.15) is 31.2 Å². The number of hydrogen-bond donors (Lipinski definition) is 3. The van der Waals surface area contributed by atoms with E-state index in [1.165, 1.54) is 0 Å². The number of fused-ring (bicyclic) bond motifs is 1. The smallest absolute Gasteiger partial charge is 0.231 e. The van der Waals surface area contributed by atoms with Gasteiger partial charge in [0.15, 0.2) is 17.5 Å². The normalized spacial score (nSPS) is 15.3. The SMILES string of the molecule is CN=C(NCCCC(=O)NC1CC1)NCc1ccc2c(c1)OCO2.I. The van der Waals surface area contributed by atoms with Crippen LogP contribution in [0.5, 0.6) is 11.5 Å². The number of halogens is 1. The first-order valence-electron chi connectivity index (χ1n) is 8.37. The third-order valence-electron chi connectivity index (χ3n) is 3.94. The molecule has 3 N–H and O–H groups in total. The average Bonchev–Trinajstić information content (AvgIpc) is 3.27. The standard InChI is InChI=1S/C17H24N4O3.HI/c1-18-17(19-8-2-3-16(22)21-13-5-6-13)20-10-12-4-7-14-15(9-12)24-11-23-14;/h4,7,9,13H,2-3,5-6,8,10-11H2,1H3,(H,21,22)(H2,18,19,20);1H. The maximum atomic E-state index is 11.6. The Kier molecular flexibility index (Phi) is 7.60. The monoisotopic (exact) mass is 460 g/mol. The maximum absolute atomic E-state index is 11.6. The summed E-state index contributed by atoms with van der Waals surface area (Å²) in [5.74, 6) is 2.42. The van der Waals surface area contributed by atoms with Crippen LogP contribution in [0.2, 0.25) is 0 Å². The molecule has 25 heavy (non-hydrogen) atoms. The first-order valence-corrected chi connectivity index (χ1v) is 8.37. The summed E-state index contributed by atoms with van der Waals surface area (Å²) in [6.07, 6.45) is 3.58. The second-order valence-electron chi connectivity index (χ2n) is 5.99. The van der Waals surface area contributed by atoms with Crippen LogP contribution in [0.4, 0.5) is 0 Å². The van der Waals surface area contributed by atoms with Gasteiger partial charge in [-0.25, -0.2) is 0 Å². The predicted octanol–water partition coefficient (Wildman–Crippen LogP) is 1.76. The van der Waals surface area contributed by atoms with E-state index in [-0.39, 0.29) is 36.7 Å². The second-order valence-corrected chi connectivity index (χ2v) is 5.99. The van der Waals surface area contributed by atoms with Crippen LogP contribution in [0.3, 0.4) is 0 Å². The van der Waals surface area contributed by atoms with Crippen molar-refractivity contribution in [3.8, 4) is 11.5 Å². The third kappa shape index (κ3) is 6.26. The number of ether oxygens (including phenoxy) is 2. The third-order valence-corrected chi connectivity index (χ3v) is 3.94. The van der Waals surface area contributed by atoms with Gasteiger partial charge in [-0.15, -0.1) is 24.0 Å². The van der Waals surface area contributed by atoms with Gasteiger partial charge in [-0.2, -0.15) is 0 Å². The van der Waals surface area contributed by atoms with Crippen LogP contribution in [-0.4, -0.2) is 38.3 Å². The molecule has 8 heteroatoms. The Bertz CT molecular complexity index is 620. The molecule has 0 unspecified atom stereocenters. The van der Waals surface area contributed by atoms with Crippen molar-refractivity contribution in [2.24, 2.45) is 4.99 Å². The summed E-state index contributed by atoms with van der Waals surface area (Å²) in [5, 5.41) is 9.46. The van der Waals surface area contributed by atoms with Gasteiger partial charge in [0, 0.05) is 32.6 Å². The summed E-state index contributed by atoms with van der Waals surface area (Å²) in [4.78, 5) is 15.8. The van der Waals surface area contributed by atoms with Gasteiger partial charge in [0.25, 0.3) is 0 Å². The van der Waals surface area contributed by atoms with E-state index in [2.05, 4.69) is 20.9 Å². The van der Waals surface area contributed by atoms with Crippen molar-refractivity contribution in [3.63, 3.8) is 0 Å². The number of nitrogens with zero attached hydrogens (tertiary/aromatic N) is 1. The lowest BCUT2D eigenvalue weighted by Gasteiger charge is -2.12. The van der Waals surface area contributed by atoms with Crippen LogP contribution in [0.25, 0.3) is 0 Å². The molecule has 138 valence electrons. The number of nitrogens with one attached hydrogen (secondary N) is 3. The molecule has 1 saturated carbocycles. The number of carbonyl (C=O) groups excluding carboxylic acids is 1. The number of rotatable bonds is 7. The van der Waals surface area contributed by atoms with Crippen molar-refractivity contribution in [2.75, 3.05) is 20.4 Å². The molecule has 0 saturated heterocycles. The zero-order valence-corrected chi connectivity index (χ0v) is 16.7. The van der Waals surface area contributed by atoms with Crippen LogP contribution in [0, 0.1) is 0 Å². The molecular weight excluding hydrogens is 435 g/mol. The summed E-state index contributed by atoms with van der Waals surface area (Å²) >= 11 is 0. The Labute approximate surface area is 165 Å². The van der Waals surface area contributed by atoms with Crippen molar-refractivity contribution in [1.29, 1.82) is 0 Å². The first kappa shape index (κ1) is 19.6. The van der Waals surface area contributed by atoms with Gasteiger partial charge in [0.1, 0.15) is 0 Å². The van der Waals surface area contributed by atoms with Gasteiger partial charge in [0.2, 0.25) is 12.7 Å². The van der Waals surface area contributed by atoms with Gasteiger partial charge in [0.05, 0.1) is 0 Å². The molecule has 2 aliphatic rings. The molecule has 7 nitrogen and oxygen atoms in total. The lowest BCUT2D eigenvalue weighted by Crippen LogP contribution is -2.37. The number of aliphatic imine (C=N–C) groups is 1. The predicted molar refractivity (Wildman–Crippen MR) is 107 cm³/mol. The average molecular weight is 460 g/mol. The van der Waals surface area contributed by atoms with Crippen LogP contribution in [-0.2, 0) is 11.3 Å². The number of benzene rings is 1. The zero-order chi connectivity index (χ0) is 16.8. The molecule has 1 fully saturated rings. The van der Waals surface area contributed by atoms with Crippen LogP contribution < -0.4 is 25.4 Å². The summed E-state index contributed by atoms with van der Waals surface area (Å²) in [5.41, 5.74) is 1.09. The summed E-state index contributed by atoms with van der Waals surface area (Å²) in [7, 11) is 1.73. The first-order chi connectivity index (χ1) is 11.7. The second kappa shape index (κ2) is 9.69. The Morgan fingerprint density at radius 3 is 2.80 bits per heavy atom. The number of hydrogen-bond acceptors (Lipinski definition) is 4. The Morgan fingerprint density at radius 1 is 1.24 bits per heavy atom. The summed E-state index contributed by atoms with van der Waals surface area (Å²) < 4.78 is 10.7. The molecule has 0 bridgehead atoms. The lowest BCUT2D eigenvalue weighted by molar-refractivity contribution is -0.121. The van der Waals surface area contributed by atoms with E-state index >= 15 is 0 Å². The minimum absolute atomic E-state index is 0. The fourth-order valence-electron chi connectivity index (χ4n) is 2.44. The summed E-state index contributed by atoms with van der Waals surface area (Å²) in [6, 6.07) is 6.30. The molecule has 1 aliphatic carbocycles. The number of amides is 1. The van der Waals surface area contributed by atoms with Crippen molar-refractivity contribution in [2.45, 2.75) is 38.3 Å². The number of guanidine groups is 1. The quantitative estimate of drug-likeness (QED) is 0.250. The van der Waals surface area contributed by atoms with E-state index in [0.29, 0.717) is 25.6 Å². The van der Waals surface area contributed by atoms with Crippen LogP contribution >= 0.6 is 24.0 Å². The summed E-state index contributed by atoms with van der Waals surface area (Å²) in [6.45, 7) is 1.63. The van der Waals surface area contributed by atoms with Crippen molar-refractivity contribution in [1.82, 2.24) is 16.0 Å². The molecule has 1 heterocycles. The minimum atomic E-state index is 0. The molecule has 0 spiro atoms. The molecule has 0 aromatic heterocycles. The Hall–Kier alpha value is -1.71. The van der Waals surface area contributed by atoms with Crippen molar-refractivity contribution < 1.29 is 14.3 Å². The van der Waals surface area contributed by atoms with Gasteiger partial charge < -0.3 is 25.4 Å². The highest BCUT2D eigenvalue weighted by atomic mass is 127. The molecule has 1 amide bonds. The van der Waals surface area contributed by atoms with Crippen molar-refractivity contribution >= 4 is 35.8 Å². The molecule has 3 rings (SSSR count). The maximum Gasteiger partial charge on any atom is 0.231 e. The van der Waals surface area contributed by atoms with E-state index in [4.69, 9.17) is 9.47 Å². The molecule has 0 atom stereocenters. The molecule has 0 radical (unpaired) electrons. The van der Waals surface area contributed by atoms with Gasteiger partial charge in [-0.3, -0.25) is 9.79 Å². The molecular formula is C17H25IN4O3. The largest absolute Gasteiger partial charge is 0.454 e. The highest BCUT2D eigenvalue weighted by Crippen LogP contribution is 2.32. The Morgan fingerprint density at radius 2 is 2.04 bits per heavy atom. The molecule has 1 aromatic carbocycles. The van der Waals surface area contributed by atoms with Crippen LogP contribution in [0.15, 0.2) is 23.2 Å². The van der Waals surface area contributed by atoms with Gasteiger partial charge in [-0.05, 0) is 37.0 Å². The van der Waals surface area contributed by atoms with E-state index in [9.17, 15) is 4.79 Å². The van der Waals surface area contributed by atoms with Crippen molar-refractivity contribution in [3.05, 3.63) is 23.8 Å².